The Hall–Kier alpha value is -7.47. The Kier molecular flexibility index (Phi) is 10.5. The molecule has 3 heterocycles. The van der Waals surface area contributed by atoms with Crippen molar-refractivity contribution < 1.29 is 30.4 Å². The van der Waals surface area contributed by atoms with Crippen LogP contribution in [0.25, 0.3) is 44.7 Å². The van der Waals surface area contributed by atoms with Crippen LogP contribution >= 0.6 is 0 Å². The zero-order chi connectivity index (χ0) is 40.5. The first-order chi connectivity index (χ1) is 30.3. The van der Waals surface area contributed by atoms with Crippen LogP contribution in [0, 0.1) is 18.5 Å². The summed E-state index contributed by atoms with van der Waals surface area (Å²) in [7, 11) is 0. The summed E-state index contributed by atoms with van der Waals surface area (Å²) in [6.45, 7) is -0.214. The molecule has 0 aliphatic carbocycles. The smallest absolute Gasteiger partial charge is 0.408 e. The van der Waals surface area contributed by atoms with Crippen LogP contribution in [-0.2, 0) is 21.1 Å². The third-order valence-electron chi connectivity index (χ3n) is 11.1. The van der Waals surface area contributed by atoms with Crippen LogP contribution in [0.2, 0.25) is 0 Å². The number of hydrogen-bond donors (Lipinski definition) is 0. The zero-order valence-corrected chi connectivity index (χ0v) is 35.6. The van der Waals surface area contributed by atoms with Crippen LogP contribution in [-0.4, -0.2) is 16.5 Å². The fourth-order valence-corrected chi connectivity index (χ4v) is 8.43. The van der Waals surface area contributed by atoms with Crippen molar-refractivity contribution >= 4 is 46.4 Å². The number of aromatic nitrogens is 3. The van der Waals surface area contributed by atoms with Crippen molar-refractivity contribution in [3.63, 3.8) is 0 Å². The van der Waals surface area contributed by atoms with E-state index in [0.717, 1.165) is 73.0 Å². The van der Waals surface area contributed by atoms with Crippen LogP contribution in [0.4, 0.5) is 22.9 Å². The van der Waals surface area contributed by atoms with Crippen LogP contribution in [0.1, 0.15) is 0 Å². The largest absolute Gasteiger partial charge is 0.510 e. The molecule has 1 aliphatic rings. The third-order valence-corrected chi connectivity index (χ3v) is 11.1. The molecular formula is C54H36BN5OPt-2. The van der Waals surface area contributed by atoms with Crippen LogP contribution < -0.4 is 24.4 Å². The monoisotopic (exact) mass is 976 g/mol. The Morgan fingerprint density at radius 3 is 1.82 bits per heavy atom. The Morgan fingerprint density at radius 2 is 1.13 bits per heavy atom. The van der Waals surface area contributed by atoms with Gasteiger partial charge in [-0.05, 0) is 57.7 Å². The maximum absolute atomic E-state index is 6.68. The normalized spacial score (nSPS) is 12.0. The number of imidazole rings is 1. The molecule has 1 aliphatic heterocycles. The maximum Gasteiger partial charge on any atom is 0.408 e. The number of ether oxygens (including phenoxy) is 1. The van der Waals surface area contributed by atoms with Crippen molar-refractivity contribution in [3.8, 4) is 45.1 Å². The summed E-state index contributed by atoms with van der Waals surface area (Å²) in [5.41, 5.74) is 12.4. The van der Waals surface area contributed by atoms with E-state index in [4.69, 9.17) is 9.72 Å². The number of benzene rings is 8. The fraction of sp³-hybridized carbons (Fsp3) is 0. The summed E-state index contributed by atoms with van der Waals surface area (Å²) in [5.74, 6) is 1.93. The van der Waals surface area contributed by atoms with Gasteiger partial charge in [-0.2, -0.15) is 12.1 Å². The van der Waals surface area contributed by atoms with E-state index in [1.165, 1.54) is 0 Å². The number of pyridine rings is 1. The second-order valence-electron chi connectivity index (χ2n) is 14.8. The van der Waals surface area contributed by atoms with Gasteiger partial charge in [0.2, 0.25) is 0 Å². The second kappa shape index (κ2) is 16.9. The summed E-state index contributed by atoms with van der Waals surface area (Å²) < 4.78 is 10.9. The summed E-state index contributed by atoms with van der Waals surface area (Å²) in [6, 6.07) is 80.3. The van der Waals surface area contributed by atoms with E-state index in [2.05, 4.69) is 195 Å². The Bertz CT molecular complexity index is 3080. The number of nitrogens with zero attached hydrogens (tertiary/aromatic N) is 5. The predicted octanol–water partition coefficient (Wildman–Crippen LogP) is 11.5. The van der Waals surface area contributed by atoms with Gasteiger partial charge >= 0.3 is 6.98 Å². The molecule has 0 bridgehead atoms. The molecule has 298 valence electrons. The predicted molar refractivity (Wildman–Crippen MR) is 245 cm³/mol. The molecule has 0 fully saturated rings. The van der Waals surface area contributed by atoms with Gasteiger partial charge in [0, 0.05) is 44.4 Å². The average molecular weight is 977 g/mol. The van der Waals surface area contributed by atoms with Gasteiger partial charge in [-0.25, -0.2) is 4.98 Å². The second-order valence-corrected chi connectivity index (χ2v) is 14.8. The molecule has 6 nitrogen and oxygen atoms in total. The molecule has 8 heteroatoms. The molecular weight excluding hydrogens is 941 g/mol. The molecule has 11 rings (SSSR count). The van der Waals surface area contributed by atoms with Gasteiger partial charge in [0.15, 0.2) is 0 Å². The van der Waals surface area contributed by atoms with E-state index in [1.54, 1.807) is 0 Å². The molecule has 0 spiro atoms. The van der Waals surface area contributed by atoms with E-state index in [9.17, 15) is 0 Å². The molecule has 0 atom stereocenters. The molecule has 0 radical (unpaired) electrons. The molecule has 0 N–H and O–H groups in total. The minimum absolute atomic E-state index is 0. The third kappa shape index (κ3) is 7.06. The van der Waals surface area contributed by atoms with Crippen LogP contribution in [0.15, 0.2) is 219 Å². The zero-order valence-electron chi connectivity index (χ0n) is 33.3. The van der Waals surface area contributed by atoms with Crippen molar-refractivity contribution in [1.82, 2.24) is 9.55 Å². The molecule has 62 heavy (non-hydrogen) atoms. The number of rotatable bonds is 9. The van der Waals surface area contributed by atoms with Gasteiger partial charge in [0.1, 0.15) is 5.82 Å². The van der Waals surface area contributed by atoms with Crippen molar-refractivity contribution in [1.29, 1.82) is 0 Å². The van der Waals surface area contributed by atoms with E-state index >= 15 is 0 Å². The van der Waals surface area contributed by atoms with Gasteiger partial charge in [-0.3, -0.25) is 4.57 Å². The summed E-state index contributed by atoms with van der Waals surface area (Å²) in [6.07, 6.45) is 5.58. The molecule has 8 aromatic carbocycles. The summed E-state index contributed by atoms with van der Waals surface area (Å²) in [5, 5.41) is 0. The van der Waals surface area contributed by atoms with Gasteiger partial charge in [0.25, 0.3) is 6.33 Å². The van der Waals surface area contributed by atoms with Crippen molar-refractivity contribution in [3.05, 3.63) is 237 Å². The number of para-hydroxylation sites is 4. The quantitative estimate of drug-likeness (QED) is 0.0821. The Morgan fingerprint density at radius 1 is 0.516 bits per heavy atom. The SMILES string of the molecule is [Pt].[c-]1c(Oc2[c-]c3c(cc2)N(c2ccccc2)B(c2ccccc2)N3c2ccccn2)cccc1-n1[c-][n+](-c2c(-c3ccccc3)cccc2-c2ccccc2)c2ccccc21. The van der Waals surface area contributed by atoms with Gasteiger partial charge in [-0.15, -0.1) is 30.3 Å². The van der Waals surface area contributed by atoms with E-state index in [-0.39, 0.29) is 28.0 Å². The van der Waals surface area contributed by atoms with Crippen molar-refractivity contribution in [2.45, 2.75) is 0 Å². The van der Waals surface area contributed by atoms with Crippen molar-refractivity contribution in [2.24, 2.45) is 0 Å². The van der Waals surface area contributed by atoms with Crippen LogP contribution in [0.5, 0.6) is 11.5 Å². The minimum Gasteiger partial charge on any atom is -0.510 e. The Balaban J connectivity index is 0.00000458. The molecule has 0 unspecified atom stereocenters. The van der Waals surface area contributed by atoms with E-state index < -0.39 is 0 Å². The first-order valence-corrected chi connectivity index (χ1v) is 20.3. The van der Waals surface area contributed by atoms with Gasteiger partial charge in [-0.1, -0.05) is 169 Å². The fourth-order valence-electron chi connectivity index (χ4n) is 8.43. The van der Waals surface area contributed by atoms with Gasteiger partial charge < -0.3 is 18.9 Å². The Labute approximate surface area is 376 Å². The summed E-state index contributed by atoms with van der Waals surface area (Å²) in [4.78, 5) is 9.42. The van der Waals surface area contributed by atoms with E-state index in [0.29, 0.717) is 11.5 Å². The van der Waals surface area contributed by atoms with Gasteiger partial charge in [0.05, 0.1) is 16.7 Å². The standard InChI is InChI=1S/C54H36BN5O.Pt/c1-5-19-40(20-6-1)47-29-18-30-48(41-21-7-2-8-22-41)54(47)58-39-57(49-31-13-14-32-50(49)58)44-27-17-28-45(37-44)61-46-34-35-51-52(38-46)60(53-33-15-16-36-56-53)55(42-23-9-3-10-24-42)59(51)43-25-11-4-12-26-43;/h1-36H;/q-2;. The summed E-state index contributed by atoms with van der Waals surface area (Å²) >= 11 is 0. The number of anilines is 4. The average Bonchev–Trinajstić information content (AvgIpc) is 3.89. The number of hydrogen-bond acceptors (Lipinski definition) is 4. The van der Waals surface area contributed by atoms with Crippen LogP contribution in [0.3, 0.4) is 0 Å². The molecule has 0 saturated heterocycles. The first-order valence-electron chi connectivity index (χ1n) is 20.3. The maximum atomic E-state index is 6.68. The number of fused-ring (bicyclic) bond motifs is 2. The van der Waals surface area contributed by atoms with E-state index in [1.807, 2.05) is 60.8 Å². The molecule has 0 amide bonds. The first kappa shape index (κ1) is 38.7. The molecule has 0 saturated carbocycles. The minimum atomic E-state index is -0.214. The molecule has 10 aromatic rings. The molecule has 2 aromatic heterocycles. The van der Waals surface area contributed by atoms with Crippen molar-refractivity contribution in [2.75, 3.05) is 9.62 Å². The topological polar surface area (TPSA) is 37.4 Å².